The van der Waals surface area contributed by atoms with Gasteiger partial charge in [0.2, 0.25) is 0 Å². The minimum atomic E-state index is -1.05. The summed E-state index contributed by atoms with van der Waals surface area (Å²) in [5.74, 6) is -1.02. The first-order valence-corrected chi connectivity index (χ1v) is 5.29. The zero-order valence-corrected chi connectivity index (χ0v) is 9.64. The molecule has 0 aliphatic carbocycles. The number of rotatable bonds is 3. The third-order valence-electron chi connectivity index (χ3n) is 2.49. The maximum Gasteiger partial charge on any atom is 0.337 e. The number of nitrogens with one attached hydrogen (secondary N) is 1. The Balaban J connectivity index is 2.26. The lowest BCUT2D eigenvalue weighted by molar-refractivity contribution is 0.0696. The fourth-order valence-corrected chi connectivity index (χ4v) is 1.51. The highest BCUT2D eigenvalue weighted by Crippen LogP contribution is 2.22. The van der Waals surface area contributed by atoms with Crippen LogP contribution in [0.1, 0.15) is 15.9 Å². The number of carboxylic acid groups (broad SMARTS) is 1. The Morgan fingerprint density at radius 3 is 2.67 bits per heavy atom. The van der Waals surface area contributed by atoms with Gasteiger partial charge in [0.05, 0.1) is 11.3 Å². The van der Waals surface area contributed by atoms with Crippen LogP contribution in [0.4, 0.5) is 15.9 Å². The fraction of sp³-hybridized carbons (Fsp3) is 0.0769. The number of carboxylic acids is 1. The molecule has 0 amide bonds. The second-order valence-electron chi connectivity index (χ2n) is 3.79. The number of hydrogen-bond donors (Lipinski definition) is 2. The molecule has 4 nitrogen and oxygen atoms in total. The molecule has 0 aliphatic heterocycles. The van der Waals surface area contributed by atoms with Crippen molar-refractivity contribution in [2.24, 2.45) is 0 Å². The van der Waals surface area contributed by atoms with Gasteiger partial charge in [0.25, 0.3) is 0 Å². The molecule has 2 rings (SSSR count). The van der Waals surface area contributed by atoms with E-state index in [9.17, 15) is 9.18 Å². The van der Waals surface area contributed by atoms with E-state index in [-0.39, 0.29) is 11.4 Å². The highest BCUT2D eigenvalue weighted by Gasteiger charge is 2.07. The first kappa shape index (κ1) is 12.0. The molecule has 0 spiro atoms. The van der Waals surface area contributed by atoms with Crippen LogP contribution in [0.25, 0.3) is 0 Å². The number of anilines is 2. The Kier molecular flexibility index (Phi) is 3.23. The summed E-state index contributed by atoms with van der Waals surface area (Å²) in [5.41, 5.74) is 1.18. The third kappa shape index (κ3) is 2.45. The van der Waals surface area contributed by atoms with Crippen LogP contribution in [0.5, 0.6) is 0 Å². The standard InChI is InChI=1S/C13H11FN2O2/c1-8-3-2-4-10(14)12(8)16-11-6-5-9(7-15-11)13(17)18/h2-7H,1H3,(H,15,16)(H,17,18). The molecule has 2 aromatic rings. The van der Waals surface area contributed by atoms with Gasteiger partial charge >= 0.3 is 5.97 Å². The number of benzene rings is 1. The van der Waals surface area contributed by atoms with Crippen molar-refractivity contribution in [3.05, 3.63) is 53.5 Å². The van der Waals surface area contributed by atoms with E-state index in [1.165, 1.54) is 24.4 Å². The van der Waals surface area contributed by atoms with Crippen molar-refractivity contribution in [1.82, 2.24) is 4.98 Å². The van der Waals surface area contributed by atoms with E-state index in [1.807, 2.05) is 0 Å². The number of hydrogen-bond acceptors (Lipinski definition) is 3. The third-order valence-corrected chi connectivity index (χ3v) is 2.49. The number of aromatic nitrogens is 1. The summed E-state index contributed by atoms with van der Waals surface area (Å²) in [7, 11) is 0. The number of carbonyl (C=O) groups is 1. The molecule has 1 aromatic heterocycles. The van der Waals surface area contributed by atoms with E-state index >= 15 is 0 Å². The van der Waals surface area contributed by atoms with Crippen molar-refractivity contribution >= 4 is 17.5 Å². The molecule has 1 aromatic carbocycles. The van der Waals surface area contributed by atoms with Gasteiger partial charge in [0.15, 0.2) is 0 Å². The van der Waals surface area contributed by atoms with Crippen molar-refractivity contribution in [2.75, 3.05) is 5.32 Å². The van der Waals surface area contributed by atoms with Gasteiger partial charge in [-0.3, -0.25) is 0 Å². The van der Waals surface area contributed by atoms with E-state index in [0.717, 1.165) is 5.56 Å². The van der Waals surface area contributed by atoms with E-state index in [2.05, 4.69) is 10.3 Å². The highest BCUT2D eigenvalue weighted by atomic mass is 19.1. The number of para-hydroxylation sites is 1. The van der Waals surface area contributed by atoms with Crippen LogP contribution >= 0.6 is 0 Å². The Morgan fingerprint density at radius 2 is 2.11 bits per heavy atom. The lowest BCUT2D eigenvalue weighted by Crippen LogP contribution is -2.01. The molecule has 0 unspecified atom stereocenters. The van der Waals surface area contributed by atoms with Crippen molar-refractivity contribution in [2.45, 2.75) is 6.92 Å². The molecule has 0 bridgehead atoms. The quantitative estimate of drug-likeness (QED) is 0.874. The summed E-state index contributed by atoms with van der Waals surface area (Å²) in [6.07, 6.45) is 1.22. The summed E-state index contributed by atoms with van der Waals surface area (Å²) in [4.78, 5) is 14.6. The Bertz CT molecular complexity index is 562. The molecule has 0 atom stereocenters. The lowest BCUT2D eigenvalue weighted by Gasteiger charge is -2.09. The van der Waals surface area contributed by atoms with Crippen LogP contribution in [0.15, 0.2) is 36.5 Å². The second-order valence-corrected chi connectivity index (χ2v) is 3.79. The predicted octanol–water partition coefficient (Wildman–Crippen LogP) is 2.97. The molecule has 18 heavy (non-hydrogen) atoms. The minimum absolute atomic E-state index is 0.0887. The fourth-order valence-electron chi connectivity index (χ4n) is 1.51. The molecule has 0 fully saturated rings. The molecule has 0 radical (unpaired) electrons. The molecular weight excluding hydrogens is 235 g/mol. The molecular formula is C13H11FN2O2. The van der Waals surface area contributed by atoms with Gasteiger partial charge in [0.1, 0.15) is 11.6 Å². The second kappa shape index (κ2) is 4.83. The number of pyridine rings is 1. The maximum atomic E-state index is 13.6. The van der Waals surface area contributed by atoms with E-state index in [4.69, 9.17) is 5.11 Å². The van der Waals surface area contributed by atoms with E-state index in [0.29, 0.717) is 11.5 Å². The number of aromatic carboxylic acids is 1. The number of halogens is 1. The normalized spacial score (nSPS) is 10.1. The largest absolute Gasteiger partial charge is 0.478 e. The van der Waals surface area contributed by atoms with Gasteiger partial charge < -0.3 is 10.4 Å². The lowest BCUT2D eigenvalue weighted by atomic mass is 10.2. The summed E-state index contributed by atoms with van der Waals surface area (Å²) in [5, 5.41) is 11.6. The smallest absolute Gasteiger partial charge is 0.337 e. The Morgan fingerprint density at radius 1 is 1.33 bits per heavy atom. The van der Waals surface area contributed by atoms with Crippen molar-refractivity contribution < 1.29 is 14.3 Å². The summed E-state index contributed by atoms with van der Waals surface area (Å²) in [6, 6.07) is 7.65. The average Bonchev–Trinajstić information content (AvgIpc) is 2.34. The Hall–Kier alpha value is -2.43. The zero-order valence-electron chi connectivity index (χ0n) is 9.64. The van der Waals surface area contributed by atoms with Gasteiger partial charge in [0, 0.05) is 6.20 Å². The van der Waals surface area contributed by atoms with Gasteiger partial charge in [-0.05, 0) is 30.7 Å². The van der Waals surface area contributed by atoms with Gasteiger partial charge in [-0.1, -0.05) is 12.1 Å². The molecule has 0 aliphatic rings. The van der Waals surface area contributed by atoms with Crippen LogP contribution in [-0.4, -0.2) is 16.1 Å². The molecule has 0 saturated carbocycles. The highest BCUT2D eigenvalue weighted by molar-refractivity contribution is 5.87. The molecule has 0 saturated heterocycles. The van der Waals surface area contributed by atoms with Gasteiger partial charge in [-0.15, -0.1) is 0 Å². The molecule has 92 valence electrons. The average molecular weight is 246 g/mol. The van der Waals surface area contributed by atoms with Crippen LogP contribution in [0.2, 0.25) is 0 Å². The molecule has 2 N–H and O–H groups in total. The minimum Gasteiger partial charge on any atom is -0.478 e. The van der Waals surface area contributed by atoms with Crippen molar-refractivity contribution in [1.29, 1.82) is 0 Å². The topological polar surface area (TPSA) is 62.2 Å². The SMILES string of the molecule is Cc1cccc(F)c1Nc1ccc(C(=O)O)cn1. The Labute approximate surface area is 103 Å². The molecule has 1 heterocycles. The molecule has 5 heteroatoms. The monoisotopic (exact) mass is 246 g/mol. The number of aryl methyl sites for hydroxylation is 1. The van der Waals surface area contributed by atoms with Gasteiger partial charge in [-0.25, -0.2) is 14.2 Å². The first-order valence-electron chi connectivity index (χ1n) is 5.29. The van der Waals surface area contributed by atoms with Crippen molar-refractivity contribution in [3.8, 4) is 0 Å². The maximum absolute atomic E-state index is 13.6. The van der Waals surface area contributed by atoms with Crippen LogP contribution < -0.4 is 5.32 Å². The summed E-state index contributed by atoms with van der Waals surface area (Å²) >= 11 is 0. The van der Waals surface area contributed by atoms with Crippen molar-refractivity contribution in [3.63, 3.8) is 0 Å². The first-order chi connectivity index (χ1) is 8.58. The number of nitrogens with zero attached hydrogens (tertiary/aromatic N) is 1. The van der Waals surface area contributed by atoms with Gasteiger partial charge in [-0.2, -0.15) is 0 Å². The predicted molar refractivity (Wildman–Crippen MR) is 65.6 cm³/mol. The van der Waals surface area contributed by atoms with E-state index in [1.54, 1.807) is 19.1 Å². The van der Waals surface area contributed by atoms with Crippen LogP contribution in [-0.2, 0) is 0 Å². The van der Waals surface area contributed by atoms with Crippen LogP contribution in [0, 0.1) is 12.7 Å². The zero-order chi connectivity index (χ0) is 13.1. The van der Waals surface area contributed by atoms with E-state index < -0.39 is 5.97 Å². The van der Waals surface area contributed by atoms with Crippen LogP contribution in [0.3, 0.4) is 0 Å². The summed E-state index contributed by atoms with van der Waals surface area (Å²) in [6.45, 7) is 1.77. The summed E-state index contributed by atoms with van der Waals surface area (Å²) < 4.78 is 13.6.